The zero-order valence-corrected chi connectivity index (χ0v) is 8.74. The summed E-state index contributed by atoms with van der Waals surface area (Å²) in [5.74, 6) is -1.35. The minimum absolute atomic E-state index is 0.00301. The molecule has 1 aromatic rings. The summed E-state index contributed by atoms with van der Waals surface area (Å²) in [6, 6.07) is 3.25. The van der Waals surface area contributed by atoms with Gasteiger partial charge in [0.15, 0.2) is 0 Å². The second-order valence-electron chi connectivity index (χ2n) is 3.44. The molecule has 1 unspecified atom stereocenters. The van der Waals surface area contributed by atoms with E-state index in [1.807, 2.05) is 0 Å². The zero-order valence-electron chi connectivity index (χ0n) is 8.74. The van der Waals surface area contributed by atoms with E-state index in [4.69, 9.17) is 10.9 Å². The summed E-state index contributed by atoms with van der Waals surface area (Å²) in [6.07, 6.45) is 0.185. The van der Waals surface area contributed by atoms with Crippen LogP contribution in [0, 0.1) is 11.6 Å². The Morgan fingerprint density at radius 3 is 2.56 bits per heavy atom. The fourth-order valence-corrected chi connectivity index (χ4v) is 1.29. The van der Waals surface area contributed by atoms with Gasteiger partial charge in [-0.15, -0.1) is 0 Å². The number of hydrogen-bond donors (Lipinski definition) is 3. The molecule has 0 heterocycles. The van der Waals surface area contributed by atoms with E-state index in [1.165, 1.54) is 6.07 Å². The highest BCUT2D eigenvalue weighted by atomic mass is 19.1. The number of anilines is 1. The molecule has 1 rings (SSSR count). The van der Waals surface area contributed by atoms with Crippen LogP contribution in [0.15, 0.2) is 23.4 Å². The zero-order chi connectivity index (χ0) is 12.1. The van der Waals surface area contributed by atoms with Gasteiger partial charge in [-0.1, -0.05) is 11.2 Å². The van der Waals surface area contributed by atoms with Crippen molar-refractivity contribution in [3.63, 3.8) is 0 Å². The predicted molar refractivity (Wildman–Crippen MR) is 57.5 cm³/mol. The van der Waals surface area contributed by atoms with Crippen LogP contribution in [0.1, 0.15) is 13.3 Å². The molecule has 1 aromatic carbocycles. The molecular weight excluding hydrogens is 216 g/mol. The molecule has 0 aromatic heterocycles. The van der Waals surface area contributed by atoms with E-state index in [1.54, 1.807) is 6.92 Å². The maximum absolute atomic E-state index is 13.2. The maximum atomic E-state index is 13.2. The molecule has 88 valence electrons. The Labute approximate surface area is 91.8 Å². The standard InChI is InChI=1S/C10H13F2N3O/c1-6(5-9(13)15-16)14-10-7(11)3-2-4-8(10)12/h2-4,6,14,16H,5H2,1H3,(H2,13,15). The van der Waals surface area contributed by atoms with Crippen LogP contribution in [-0.4, -0.2) is 17.1 Å². The van der Waals surface area contributed by atoms with Gasteiger partial charge >= 0.3 is 0 Å². The summed E-state index contributed by atoms with van der Waals surface area (Å²) in [7, 11) is 0. The first-order valence-corrected chi connectivity index (χ1v) is 4.71. The highest BCUT2D eigenvalue weighted by Crippen LogP contribution is 2.19. The first kappa shape index (κ1) is 12.2. The lowest BCUT2D eigenvalue weighted by molar-refractivity contribution is 0.316. The van der Waals surface area contributed by atoms with Crippen LogP contribution in [0.25, 0.3) is 0 Å². The molecule has 0 amide bonds. The lowest BCUT2D eigenvalue weighted by Crippen LogP contribution is -2.25. The quantitative estimate of drug-likeness (QED) is 0.319. The molecule has 1 atom stereocenters. The number of halogens is 2. The Morgan fingerprint density at radius 2 is 2.06 bits per heavy atom. The molecule has 0 aliphatic rings. The molecule has 0 aliphatic heterocycles. The van der Waals surface area contributed by atoms with Crippen molar-refractivity contribution in [2.24, 2.45) is 10.9 Å². The minimum atomic E-state index is -0.675. The Hall–Kier alpha value is -1.85. The third kappa shape index (κ3) is 3.08. The van der Waals surface area contributed by atoms with Crippen LogP contribution in [0.5, 0.6) is 0 Å². The normalized spacial score (nSPS) is 13.6. The van der Waals surface area contributed by atoms with E-state index in [0.717, 1.165) is 12.1 Å². The highest BCUT2D eigenvalue weighted by Gasteiger charge is 2.12. The largest absolute Gasteiger partial charge is 0.409 e. The maximum Gasteiger partial charge on any atom is 0.149 e. The van der Waals surface area contributed by atoms with Gasteiger partial charge in [-0.05, 0) is 19.1 Å². The number of nitrogens with one attached hydrogen (secondary N) is 1. The first-order chi connectivity index (χ1) is 7.54. The number of rotatable bonds is 4. The number of amidine groups is 1. The Balaban J connectivity index is 2.73. The molecule has 4 N–H and O–H groups in total. The van der Waals surface area contributed by atoms with Gasteiger partial charge in [0.2, 0.25) is 0 Å². The monoisotopic (exact) mass is 229 g/mol. The van der Waals surface area contributed by atoms with Crippen LogP contribution in [0.3, 0.4) is 0 Å². The minimum Gasteiger partial charge on any atom is -0.409 e. The van der Waals surface area contributed by atoms with Crippen molar-refractivity contribution in [2.45, 2.75) is 19.4 Å². The summed E-state index contributed by atoms with van der Waals surface area (Å²) in [6.45, 7) is 1.67. The Bertz CT molecular complexity index is 375. The summed E-state index contributed by atoms with van der Waals surface area (Å²) in [4.78, 5) is 0. The van der Waals surface area contributed by atoms with Gasteiger partial charge in [0, 0.05) is 12.5 Å². The smallest absolute Gasteiger partial charge is 0.149 e. The molecule has 0 saturated heterocycles. The van der Waals surface area contributed by atoms with Gasteiger partial charge in [-0.2, -0.15) is 0 Å². The number of benzene rings is 1. The number of oxime groups is 1. The SMILES string of the molecule is CC(CC(N)=NO)Nc1c(F)cccc1F. The van der Waals surface area contributed by atoms with E-state index in [-0.39, 0.29) is 24.0 Å². The van der Waals surface area contributed by atoms with Crippen molar-refractivity contribution in [1.82, 2.24) is 0 Å². The molecule has 16 heavy (non-hydrogen) atoms. The van der Waals surface area contributed by atoms with Crippen molar-refractivity contribution < 1.29 is 14.0 Å². The van der Waals surface area contributed by atoms with Crippen molar-refractivity contribution in [3.05, 3.63) is 29.8 Å². The molecule has 0 spiro atoms. The Kier molecular flexibility index (Phi) is 4.04. The topological polar surface area (TPSA) is 70.6 Å². The van der Waals surface area contributed by atoms with Gasteiger partial charge < -0.3 is 16.3 Å². The molecule has 0 radical (unpaired) electrons. The molecule has 0 bridgehead atoms. The third-order valence-corrected chi connectivity index (χ3v) is 2.00. The van der Waals surface area contributed by atoms with Crippen molar-refractivity contribution in [3.8, 4) is 0 Å². The first-order valence-electron chi connectivity index (χ1n) is 4.71. The van der Waals surface area contributed by atoms with E-state index in [2.05, 4.69) is 10.5 Å². The number of nitrogens with zero attached hydrogens (tertiary/aromatic N) is 1. The molecule has 0 saturated carbocycles. The second-order valence-corrected chi connectivity index (χ2v) is 3.44. The Morgan fingerprint density at radius 1 is 1.50 bits per heavy atom. The molecule has 6 heteroatoms. The van der Waals surface area contributed by atoms with E-state index in [0.29, 0.717) is 0 Å². The van der Waals surface area contributed by atoms with Gasteiger partial charge in [0.05, 0.1) is 0 Å². The molecule has 4 nitrogen and oxygen atoms in total. The number of nitrogens with two attached hydrogens (primary N) is 1. The summed E-state index contributed by atoms with van der Waals surface area (Å²) in [5, 5.41) is 13.7. The van der Waals surface area contributed by atoms with Crippen LogP contribution in [0.2, 0.25) is 0 Å². The fraction of sp³-hybridized carbons (Fsp3) is 0.300. The second kappa shape index (κ2) is 5.29. The fourth-order valence-electron chi connectivity index (χ4n) is 1.29. The van der Waals surface area contributed by atoms with Crippen molar-refractivity contribution in [1.29, 1.82) is 0 Å². The summed E-state index contributed by atoms with van der Waals surface area (Å²) >= 11 is 0. The number of para-hydroxylation sites is 1. The van der Waals surface area contributed by atoms with Gasteiger partial charge in [0.25, 0.3) is 0 Å². The van der Waals surface area contributed by atoms with Crippen molar-refractivity contribution >= 4 is 11.5 Å². The lowest BCUT2D eigenvalue weighted by Gasteiger charge is -2.15. The van der Waals surface area contributed by atoms with E-state index >= 15 is 0 Å². The van der Waals surface area contributed by atoms with Crippen LogP contribution in [-0.2, 0) is 0 Å². The van der Waals surface area contributed by atoms with Crippen molar-refractivity contribution in [2.75, 3.05) is 5.32 Å². The average Bonchev–Trinajstić information content (AvgIpc) is 2.23. The third-order valence-electron chi connectivity index (χ3n) is 2.00. The number of hydrogen-bond acceptors (Lipinski definition) is 3. The van der Waals surface area contributed by atoms with Gasteiger partial charge in [0.1, 0.15) is 23.2 Å². The molecule has 0 aliphatic carbocycles. The predicted octanol–water partition coefficient (Wildman–Crippen LogP) is 1.90. The van der Waals surface area contributed by atoms with Crippen LogP contribution < -0.4 is 11.1 Å². The summed E-state index contributed by atoms with van der Waals surface area (Å²) < 4.78 is 26.4. The van der Waals surface area contributed by atoms with E-state index < -0.39 is 11.6 Å². The average molecular weight is 229 g/mol. The van der Waals surface area contributed by atoms with Gasteiger partial charge in [-0.25, -0.2) is 8.78 Å². The van der Waals surface area contributed by atoms with Crippen LogP contribution in [0.4, 0.5) is 14.5 Å². The highest BCUT2D eigenvalue weighted by molar-refractivity contribution is 5.80. The summed E-state index contributed by atoms with van der Waals surface area (Å²) in [5.41, 5.74) is 5.07. The van der Waals surface area contributed by atoms with Gasteiger partial charge in [-0.3, -0.25) is 0 Å². The lowest BCUT2D eigenvalue weighted by atomic mass is 10.2. The molecular formula is C10H13F2N3O. The van der Waals surface area contributed by atoms with E-state index in [9.17, 15) is 8.78 Å². The molecule has 0 fully saturated rings. The van der Waals surface area contributed by atoms with Crippen LogP contribution >= 0.6 is 0 Å².